The zero-order valence-electron chi connectivity index (χ0n) is 6.25. The standard InChI is InChI=1S/C8H7N3O/c12-10-6-8-3-1-2-7-4-5-9-11(7)8/h1-6,12H. The Morgan fingerprint density at radius 1 is 1.42 bits per heavy atom. The molecule has 0 amide bonds. The van der Waals surface area contributed by atoms with Crippen molar-refractivity contribution in [3.8, 4) is 0 Å². The van der Waals surface area contributed by atoms with Gasteiger partial charge in [-0.3, -0.25) is 0 Å². The molecule has 0 bridgehead atoms. The largest absolute Gasteiger partial charge is 0.411 e. The summed E-state index contributed by atoms with van der Waals surface area (Å²) in [6, 6.07) is 7.52. The highest BCUT2D eigenvalue weighted by Crippen LogP contribution is 2.03. The van der Waals surface area contributed by atoms with Gasteiger partial charge in [0.2, 0.25) is 0 Å². The lowest BCUT2D eigenvalue weighted by atomic mass is 10.3. The monoisotopic (exact) mass is 161 g/mol. The highest BCUT2D eigenvalue weighted by Gasteiger charge is 1.96. The summed E-state index contributed by atoms with van der Waals surface area (Å²) in [5, 5.41) is 15.3. The maximum Gasteiger partial charge on any atom is 0.0918 e. The van der Waals surface area contributed by atoms with E-state index < -0.39 is 0 Å². The predicted octanol–water partition coefficient (Wildman–Crippen LogP) is 1.14. The molecule has 60 valence electrons. The second-order valence-corrected chi connectivity index (χ2v) is 2.36. The van der Waals surface area contributed by atoms with Gasteiger partial charge in [-0.05, 0) is 18.2 Å². The van der Waals surface area contributed by atoms with E-state index in [0.29, 0.717) is 0 Å². The van der Waals surface area contributed by atoms with Gasteiger partial charge in [-0.2, -0.15) is 5.10 Å². The molecule has 2 heterocycles. The van der Waals surface area contributed by atoms with E-state index >= 15 is 0 Å². The Labute approximate surface area is 68.7 Å². The van der Waals surface area contributed by atoms with Gasteiger partial charge in [0.1, 0.15) is 0 Å². The van der Waals surface area contributed by atoms with Crippen LogP contribution < -0.4 is 0 Å². The molecule has 0 aromatic carbocycles. The summed E-state index contributed by atoms with van der Waals surface area (Å²) in [6.45, 7) is 0. The van der Waals surface area contributed by atoms with Gasteiger partial charge in [0, 0.05) is 0 Å². The number of hydrogen-bond acceptors (Lipinski definition) is 3. The van der Waals surface area contributed by atoms with Crippen LogP contribution in [0.4, 0.5) is 0 Å². The second kappa shape index (κ2) is 2.65. The third kappa shape index (κ3) is 0.934. The van der Waals surface area contributed by atoms with Crippen LogP contribution in [0.25, 0.3) is 5.52 Å². The Balaban J connectivity index is 2.73. The topological polar surface area (TPSA) is 49.9 Å². The van der Waals surface area contributed by atoms with Crippen molar-refractivity contribution in [2.45, 2.75) is 0 Å². The average Bonchev–Trinajstić information content (AvgIpc) is 2.53. The Morgan fingerprint density at radius 2 is 2.33 bits per heavy atom. The van der Waals surface area contributed by atoms with E-state index in [2.05, 4.69) is 10.3 Å². The van der Waals surface area contributed by atoms with Crippen LogP contribution in [0.1, 0.15) is 5.69 Å². The zero-order valence-corrected chi connectivity index (χ0v) is 6.25. The molecule has 2 aromatic rings. The summed E-state index contributed by atoms with van der Waals surface area (Å²) in [5.74, 6) is 0. The van der Waals surface area contributed by atoms with Crippen molar-refractivity contribution in [3.63, 3.8) is 0 Å². The fourth-order valence-corrected chi connectivity index (χ4v) is 1.13. The SMILES string of the molecule is ON=Cc1cccc2ccnn12. The molecular formula is C8H7N3O. The summed E-state index contributed by atoms with van der Waals surface area (Å²) in [7, 11) is 0. The number of nitrogens with zero attached hydrogens (tertiary/aromatic N) is 3. The molecule has 4 heteroatoms. The summed E-state index contributed by atoms with van der Waals surface area (Å²) >= 11 is 0. The quantitative estimate of drug-likeness (QED) is 0.387. The number of pyridine rings is 1. The molecule has 0 spiro atoms. The summed E-state index contributed by atoms with van der Waals surface area (Å²) in [4.78, 5) is 0. The van der Waals surface area contributed by atoms with Gasteiger partial charge in [0.05, 0.1) is 23.6 Å². The van der Waals surface area contributed by atoms with Crippen LogP contribution in [-0.4, -0.2) is 21.0 Å². The van der Waals surface area contributed by atoms with E-state index in [-0.39, 0.29) is 0 Å². The van der Waals surface area contributed by atoms with Crippen molar-refractivity contribution in [2.24, 2.45) is 5.16 Å². The lowest BCUT2D eigenvalue weighted by molar-refractivity contribution is 0.321. The van der Waals surface area contributed by atoms with Crippen molar-refractivity contribution in [1.82, 2.24) is 9.61 Å². The van der Waals surface area contributed by atoms with Crippen LogP contribution in [0.3, 0.4) is 0 Å². The molecule has 0 saturated heterocycles. The van der Waals surface area contributed by atoms with Crippen molar-refractivity contribution >= 4 is 11.7 Å². The molecule has 0 fully saturated rings. The molecule has 0 unspecified atom stereocenters. The van der Waals surface area contributed by atoms with Crippen molar-refractivity contribution < 1.29 is 5.21 Å². The second-order valence-electron chi connectivity index (χ2n) is 2.36. The van der Waals surface area contributed by atoms with Crippen LogP contribution in [0, 0.1) is 0 Å². The molecule has 0 aliphatic heterocycles. The van der Waals surface area contributed by atoms with Gasteiger partial charge in [-0.25, -0.2) is 4.52 Å². The Bertz CT molecular complexity index is 419. The molecule has 0 radical (unpaired) electrons. The number of oxime groups is 1. The lowest BCUT2D eigenvalue weighted by Gasteiger charge is -1.96. The predicted molar refractivity (Wildman–Crippen MR) is 44.6 cm³/mol. The third-order valence-electron chi connectivity index (χ3n) is 1.64. The molecule has 12 heavy (non-hydrogen) atoms. The van der Waals surface area contributed by atoms with Gasteiger partial charge in [0.25, 0.3) is 0 Å². The van der Waals surface area contributed by atoms with E-state index in [1.54, 1.807) is 10.7 Å². The summed E-state index contributed by atoms with van der Waals surface area (Å²) < 4.78 is 1.69. The van der Waals surface area contributed by atoms with Gasteiger partial charge >= 0.3 is 0 Å². The van der Waals surface area contributed by atoms with Crippen LogP contribution in [0.5, 0.6) is 0 Å². The molecule has 0 atom stereocenters. The highest BCUT2D eigenvalue weighted by atomic mass is 16.4. The Morgan fingerprint density at radius 3 is 3.17 bits per heavy atom. The lowest BCUT2D eigenvalue weighted by Crippen LogP contribution is -1.95. The van der Waals surface area contributed by atoms with E-state index in [4.69, 9.17) is 5.21 Å². The minimum absolute atomic E-state index is 0.750. The Hall–Kier alpha value is -1.84. The summed E-state index contributed by atoms with van der Waals surface area (Å²) in [5.41, 5.74) is 1.73. The smallest absolute Gasteiger partial charge is 0.0918 e. The van der Waals surface area contributed by atoms with E-state index in [9.17, 15) is 0 Å². The van der Waals surface area contributed by atoms with Crippen LogP contribution in [0.2, 0.25) is 0 Å². The molecule has 4 nitrogen and oxygen atoms in total. The van der Waals surface area contributed by atoms with Crippen molar-refractivity contribution in [3.05, 3.63) is 36.2 Å². The maximum absolute atomic E-state index is 8.34. The van der Waals surface area contributed by atoms with Crippen molar-refractivity contribution in [2.75, 3.05) is 0 Å². The fraction of sp³-hybridized carbons (Fsp3) is 0. The first-order valence-electron chi connectivity index (χ1n) is 3.52. The Kier molecular flexibility index (Phi) is 1.51. The first kappa shape index (κ1) is 6.84. The van der Waals surface area contributed by atoms with E-state index in [0.717, 1.165) is 11.2 Å². The van der Waals surface area contributed by atoms with Gasteiger partial charge in [-0.15, -0.1) is 0 Å². The minimum Gasteiger partial charge on any atom is -0.411 e. The van der Waals surface area contributed by atoms with E-state index in [1.807, 2.05) is 24.3 Å². The zero-order chi connectivity index (χ0) is 8.39. The van der Waals surface area contributed by atoms with E-state index in [1.165, 1.54) is 6.21 Å². The van der Waals surface area contributed by atoms with Crippen LogP contribution in [0.15, 0.2) is 35.6 Å². The molecular weight excluding hydrogens is 154 g/mol. The van der Waals surface area contributed by atoms with Crippen molar-refractivity contribution in [1.29, 1.82) is 0 Å². The normalized spacial score (nSPS) is 11.3. The number of aromatic nitrogens is 2. The average molecular weight is 161 g/mol. The van der Waals surface area contributed by atoms with Gasteiger partial charge in [0.15, 0.2) is 0 Å². The third-order valence-corrected chi connectivity index (χ3v) is 1.64. The minimum atomic E-state index is 0.750. The number of fused-ring (bicyclic) bond motifs is 1. The van der Waals surface area contributed by atoms with Crippen LogP contribution in [-0.2, 0) is 0 Å². The van der Waals surface area contributed by atoms with Crippen LogP contribution >= 0.6 is 0 Å². The first-order chi connectivity index (χ1) is 5.92. The summed E-state index contributed by atoms with van der Waals surface area (Å²) in [6.07, 6.45) is 3.05. The molecule has 2 aromatic heterocycles. The maximum atomic E-state index is 8.34. The highest BCUT2D eigenvalue weighted by molar-refractivity contribution is 5.78. The van der Waals surface area contributed by atoms with Gasteiger partial charge in [-0.1, -0.05) is 11.2 Å². The molecule has 0 aliphatic carbocycles. The molecule has 2 rings (SSSR count). The first-order valence-corrected chi connectivity index (χ1v) is 3.52. The molecule has 0 saturated carbocycles. The number of rotatable bonds is 1. The fourth-order valence-electron chi connectivity index (χ4n) is 1.13. The number of hydrogen-bond donors (Lipinski definition) is 1. The molecule has 0 aliphatic rings. The van der Waals surface area contributed by atoms with Gasteiger partial charge < -0.3 is 5.21 Å². The molecule has 1 N–H and O–H groups in total.